The minimum atomic E-state index is -0.163. The fourth-order valence-electron chi connectivity index (χ4n) is 2.81. The van der Waals surface area contributed by atoms with Crippen molar-refractivity contribution in [3.05, 3.63) is 35.4 Å². The average Bonchev–Trinajstić information content (AvgIpc) is 2.90. The number of benzene rings is 1. The first kappa shape index (κ1) is 14.2. The molecule has 0 bridgehead atoms. The third-order valence-corrected chi connectivity index (χ3v) is 4.89. The van der Waals surface area contributed by atoms with Gasteiger partial charge in [-0.3, -0.25) is 0 Å². The van der Waals surface area contributed by atoms with Gasteiger partial charge >= 0.3 is 0 Å². The monoisotopic (exact) mass is 286 g/mol. The van der Waals surface area contributed by atoms with Gasteiger partial charge in [-0.1, -0.05) is 24.3 Å². The van der Waals surface area contributed by atoms with Crippen molar-refractivity contribution in [3.63, 3.8) is 0 Å². The Morgan fingerprint density at radius 1 is 1.28 bits per heavy atom. The first-order chi connectivity index (χ1) is 8.72. The van der Waals surface area contributed by atoms with Crippen LogP contribution >= 0.6 is 23.2 Å². The van der Waals surface area contributed by atoms with Crippen molar-refractivity contribution in [3.8, 4) is 0 Å². The molecule has 1 saturated heterocycles. The summed E-state index contributed by atoms with van der Waals surface area (Å²) >= 11 is 12.5. The molecule has 1 heterocycles. The van der Waals surface area contributed by atoms with Crippen LogP contribution in [0.3, 0.4) is 0 Å². The van der Waals surface area contributed by atoms with E-state index in [1.807, 2.05) is 0 Å². The maximum absolute atomic E-state index is 6.27. The van der Waals surface area contributed by atoms with Crippen LogP contribution in [0.1, 0.15) is 30.4 Å². The van der Waals surface area contributed by atoms with E-state index in [0.717, 1.165) is 25.9 Å². The summed E-state index contributed by atoms with van der Waals surface area (Å²) in [5.74, 6) is 1.09. The van der Waals surface area contributed by atoms with Crippen LogP contribution < -0.4 is 0 Å². The van der Waals surface area contributed by atoms with Crippen molar-refractivity contribution < 1.29 is 4.74 Å². The number of rotatable bonds is 5. The van der Waals surface area contributed by atoms with Gasteiger partial charge in [-0.15, -0.1) is 23.2 Å². The van der Waals surface area contributed by atoms with E-state index in [4.69, 9.17) is 27.9 Å². The van der Waals surface area contributed by atoms with Gasteiger partial charge in [0.1, 0.15) is 0 Å². The lowest BCUT2D eigenvalue weighted by molar-refractivity contribution is 0.0884. The summed E-state index contributed by atoms with van der Waals surface area (Å²) in [5, 5.41) is 0. The zero-order valence-corrected chi connectivity index (χ0v) is 12.3. The van der Waals surface area contributed by atoms with Crippen LogP contribution in [-0.4, -0.2) is 24.5 Å². The average molecular weight is 287 g/mol. The number of alkyl halides is 2. The molecule has 0 spiro atoms. The molecule has 1 aliphatic rings. The minimum absolute atomic E-state index is 0.163. The van der Waals surface area contributed by atoms with E-state index in [9.17, 15) is 0 Å². The Hall–Kier alpha value is -0.240. The van der Waals surface area contributed by atoms with Gasteiger partial charge in [-0.05, 0) is 37.3 Å². The lowest BCUT2D eigenvalue weighted by Gasteiger charge is -2.33. The smallest absolute Gasteiger partial charge is 0.0585 e. The molecule has 1 fully saturated rings. The lowest BCUT2D eigenvalue weighted by Crippen LogP contribution is -2.35. The van der Waals surface area contributed by atoms with Gasteiger partial charge in [0, 0.05) is 23.8 Å². The molecule has 2 rings (SSSR count). The Morgan fingerprint density at radius 3 is 2.56 bits per heavy atom. The van der Waals surface area contributed by atoms with E-state index >= 15 is 0 Å². The third-order valence-electron chi connectivity index (χ3n) is 3.87. The molecule has 0 aliphatic carbocycles. The van der Waals surface area contributed by atoms with Crippen molar-refractivity contribution in [2.75, 3.05) is 18.4 Å². The third kappa shape index (κ3) is 2.84. The molecule has 3 heteroatoms. The second kappa shape index (κ2) is 6.27. The summed E-state index contributed by atoms with van der Waals surface area (Å²) in [6.07, 6.45) is 3.51. The molecule has 1 atom stereocenters. The van der Waals surface area contributed by atoms with E-state index < -0.39 is 0 Å². The van der Waals surface area contributed by atoms with Crippen LogP contribution in [0.4, 0.5) is 0 Å². The first-order valence-corrected chi connectivity index (χ1v) is 7.58. The number of halogens is 2. The molecular weight excluding hydrogens is 267 g/mol. The highest BCUT2D eigenvalue weighted by molar-refractivity contribution is 6.22. The van der Waals surface area contributed by atoms with Gasteiger partial charge in [0.2, 0.25) is 0 Å². The topological polar surface area (TPSA) is 9.23 Å². The Morgan fingerprint density at radius 2 is 2.00 bits per heavy atom. The molecule has 1 aromatic rings. The summed E-state index contributed by atoms with van der Waals surface area (Å²) in [6.45, 7) is 3.00. The summed E-state index contributed by atoms with van der Waals surface area (Å²) in [5.41, 5.74) is 2.37. The zero-order valence-electron chi connectivity index (χ0n) is 10.8. The molecule has 18 heavy (non-hydrogen) atoms. The molecule has 0 radical (unpaired) electrons. The standard InChI is InChI=1S/C15H20Cl2O/c1-12-5-2-3-7-14(12)15(10-16,11-17)9-13-6-4-8-18-13/h2-3,5,7,13H,4,6,8-11H2,1H3. The first-order valence-electron chi connectivity index (χ1n) is 6.51. The number of hydrogen-bond acceptors (Lipinski definition) is 1. The van der Waals surface area contributed by atoms with Gasteiger partial charge in [0.05, 0.1) is 6.10 Å². The van der Waals surface area contributed by atoms with Crippen LogP contribution in [0.25, 0.3) is 0 Å². The van der Waals surface area contributed by atoms with Gasteiger partial charge in [0.15, 0.2) is 0 Å². The van der Waals surface area contributed by atoms with Crippen LogP contribution in [0.5, 0.6) is 0 Å². The van der Waals surface area contributed by atoms with Crippen molar-refractivity contribution in [2.24, 2.45) is 0 Å². The van der Waals surface area contributed by atoms with Crippen molar-refractivity contribution >= 4 is 23.2 Å². The molecule has 1 aliphatic heterocycles. The van der Waals surface area contributed by atoms with Gasteiger partial charge in [-0.25, -0.2) is 0 Å². The van der Waals surface area contributed by atoms with E-state index in [0.29, 0.717) is 17.9 Å². The van der Waals surface area contributed by atoms with E-state index in [1.165, 1.54) is 11.1 Å². The molecule has 100 valence electrons. The summed E-state index contributed by atoms with van der Waals surface area (Å²) in [6, 6.07) is 8.39. The summed E-state index contributed by atoms with van der Waals surface area (Å²) in [4.78, 5) is 0. The molecule has 0 amide bonds. The quantitative estimate of drug-likeness (QED) is 0.734. The van der Waals surface area contributed by atoms with Crippen LogP contribution in [0, 0.1) is 6.92 Å². The van der Waals surface area contributed by atoms with Gasteiger partial charge in [-0.2, -0.15) is 0 Å². The SMILES string of the molecule is Cc1ccccc1C(CCl)(CCl)CC1CCCO1. The molecular formula is C15H20Cl2O. The highest BCUT2D eigenvalue weighted by Crippen LogP contribution is 2.37. The van der Waals surface area contributed by atoms with E-state index in [-0.39, 0.29) is 5.41 Å². The van der Waals surface area contributed by atoms with Crippen LogP contribution in [0.2, 0.25) is 0 Å². The zero-order chi connectivity index (χ0) is 13.0. The minimum Gasteiger partial charge on any atom is -0.378 e. The van der Waals surface area contributed by atoms with Crippen LogP contribution in [0.15, 0.2) is 24.3 Å². The Bertz CT molecular complexity index is 382. The van der Waals surface area contributed by atoms with Gasteiger partial charge in [0.25, 0.3) is 0 Å². The van der Waals surface area contributed by atoms with Crippen molar-refractivity contribution in [2.45, 2.75) is 37.7 Å². The fourth-order valence-corrected chi connectivity index (χ4v) is 3.60. The summed E-state index contributed by atoms with van der Waals surface area (Å²) < 4.78 is 5.76. The van der Waals surface area contributed by atoms with E-state index in [1.54, 1.807) is 0 Å². The Labute approximate surface area is 119 Å². The Kier molecular flexibility index (Phi) is 4.94. The van der Waals surface area contributed by atoms with Gasteiger partial charge < -0.3 is 4.74 Å². The second-order valence-electron chi connectivity index (χ2n) is 5.20. The van der Waals surface area contributed by atoms with Crippen molar-refractivity contribution in [1.82, 2.24) is 0 Å². The Balaban J connectivity index is 2.27. The predicted molar refractivity (Wildman–Crippen MR) is 77.9 cm³/mol. The molecule has 1 unspecified atom stereocenters. The number of aryl methyl sites for hydroxylation is 1. The lowest BCUT2D eigenvalue weighted by atomic mass is 9.77. The van der Waals surface area contributed by atoms with Crippen LogP contribution in [-0.2, 0) is 10.2 Å². The predicted octanol–water partition coefficient (Wildman–Crippen LogP) is 4.28. The normalized spacial score (nSPS) is 20.3. The fraction of sp³-hybridized carbons (Fsp3) is 0.600. The largest absolute Gasteiger partial charge is 0.378 e. The number of hydrogen-bond donors (Lipinski definition) is 0. The molecule has 1 aromatic carbocycles. The van der Waals surface area contributed by atoms with Crippen molar-refractivity contribution in [1.29, 1.82) is 0 Å². The summed E-state index contributed by atoms with van der Waals surface area (Å²) in [7, 11) is 0. The second-order valence-corrected chi connectivity index (χ2v) is 5.74. The molecule has 1 nitrogen and oxygen atoms in total. The maximum Gasteiger partial charge on any atom is 0.0585 e. The highest BCUT2D eigenvalue weighted by atomic mass is 35.5. The highest BCUT2D eigenvalue weighted by Gasteiger charge is 2.36. The molecule has 0 aromatic heterocycles. The maximum atomic E-state index is 6.27. The molecule has 0 saturated carbocycles. The molecule has 0 N–H and O–H groups in total. The number of ether oxygens (including phenoxy) is 1. The van der Waals surface area contributed by atoms with E-state index in [2.05, 4.69) is 31.2 Å².